The minimum atomic E-state index is -4.78. The molecule has 0 N–H and O–H groups in total. The highest BCUT2D eigenvalue weighted by atomic mass is 19.4. The number of carbonyl (C=O) groups excluding carboxylic acids is 1. The molecule has 2 fully saturated rings. The maximum Gasteiger partial charge on any atom is 0.573 e. The normalized spacial score (nSPS) is 22.0. The second-order valence-corrected chi connectivity index (χ2v) is 8.27. The van der Waals surface area contributed by atoms with Crippen molar-refractivity contribution in [1.29, 1.82) is 0 Å². The second-order valence-electron chi connectivity index (χ2n) is 8.27. The van der Waals surface area contributed by atoms with Crippen LogP contribution < -0.4 is 4.74 Å². The lowest BCUT2D eigenvalue weighted by atomic mass is 10.1. The molecule has 0 radical (unpaired) electrons. The molecule has 0 aliphatic carbocycles. The number of benzene rings is 1. The average Bonchev–Trinajstić information content (AvgIpc) is 3.44. The number of carbonyl (C=O) groups is 1. The van der Waals surface area contributed by atoms with E-state index in [1.54, 1.807) is 27.0 Å². The maximum absolute atomic E-state index is 13.3. The largest absolute Gasteiger partial charge is 0.573 e. The first-order valence-corrected chi connectivity index (χ1v) is 10.7. The van der Waals surface area contributed by atoms with Gasteiger partial charge in [0.05, 0.1) is 22.6 Å². The minimum Gasteiger partial charge on any atom is -0.406 e. The summed E-state index contributed by atoms with van der Waals surface area (Å²) in [5.74, 6) is -0.444. The quantitative estimate of drug-likeness (QED) is 0.693. The highest BCUT2D eigenvalue weighted by molar-refractivity contribution is 5.96. The summed E-state index contributed by atoms with van der Waals surface area (Å²) in [5, 5.41) is 4.43. The summed E-state index contributed by atoms with van der Waals surface area (Å²) < 4.78 is 48.8. The molecule has 2 atom stereocenters. The van der Waals surface area contributed by atoms with Crippen molar-refractivity contribution in [3.05, 3.63) is 41.2 Å². The molecule has 3 heterocycles. The lowest BCUT2D eigenvalue weighted by Gasteiger charge is -2.29. The number of amides is 1. The molecular weight excluding hydrogens is 425 g/mol. The number of ether oxygens (including phenoxy) is 2. The molecule has 0 spiro atoms. The number of aromatic nitrogens is 2. The average molecular weight is 452 g/mol. The van der Waals surface area contributed by atoms with Crippen LogP contribution in [0.1, 0.15) is 41.0 Å². The molecule has 0 saturated carbocycles. The highest BCUT2D eigenvalue weighted by Crippen LogP contribution is 2.29. The number of nitrogens with zero attached hydrogens (tertiary/aromatic N) is 4. The Morgan fingerprint density at radius 3 is 2.69 bits per heavy atom. The van der Waals surface area contributed by atoms with E-state index in [0.29, 0.717) is 35.7 Å². The summed E-state index contributed by atoms with van der Waals surface area (Å²) in [6.45, 7) is 5.73. The van der Waals surface area contributed by atoms with Crippen LogP contribution in [0.25, 0.3) is 5.69 Å². The fourth-order valence-electron chi connectivity index (χ4n) is 4.80. The Bertz CT molecular complexity index is 991. The summed E-state index contributed by atoms with van der Waals surface area (Å²) in [4.78, 5) is 17.5. The van der Waals surface area contributed by atoms with E-state index in [2.05, 4.69) is 14.7 Å². The third-order valence-electron chi connectivity index (χ3n) is 6.23. The Morgan fingerprint density at radius 1 is 1.19 bits per heavy atom. The minimum absolute atomic E-state index is 0.104. The number of rotatable bonds is 5. The van der Waals surface area contributed by atoms with Crippen LogP contribution >= 0.6 is 0 Å². The number of hydrogen-bond donors (Lipinski definition) is 0. The topological polar surface area (TPSA) is 59.8 Å². The smallest absolute Gasteiger partial charge is 0.406 e. The molecule has 2 aromatic rings. The Morgan fingerprint density at radius 2 is 1.97 bits per heavy atom. The third kappa shape index (κ3) is 4.47. The van der Waals surface area contributed by atoms with Gasteiger partial charge in [0.2, 0.25) is 0 Å². The molecule has 1 aromatic carbocycles. The van der Waals surface area contributed by atoms with Gasteiger partial charge in [0, 0.05) is 38.9 Å². The van der Waals surface area contributed by atoms with Crippen molar-refractivity contribution in [2.75, 3.05) is 26.7 Å². The zero-order chi connectivity index (χ0) is 23.0. The summed E-state index contributed by atoms with van der Waals surface area (Å²) >= 11 is 0. The predicted molar refractivity (Wildman–Crippen MR) is 111 cm³/mol. The van der Waals surface area contributed by atoms with Gasteiger partial charge in [-0.05, 0) is 45.2 Å². The molecule has 1 amide bonds. The van der Waals surface area contributed by atoms with Crippen molar-refractivity contribution in [2.45, 2.75) is 51.7 Å². The second kappa shape index (κ2) is 8.74. The molecule has 4 rings (SSSR count). The lowest BCUT2D eigenvalue weighted by Crippen LogP contribution is -2.42. The summed E-state index contributed by atoms with van der Waals surface area (Å²) in [6.07, 6.45) is -1.70. The molecule has 1 unspecified atom stereocenters. The van der Waals surface area contributed by atoms with Crippen molar-refractivity contribution < 1.29 is 27.4 Å². The number of methoxy groups -OCH3 is 1. The SMILES string of the molecule is CO[C@@H]1CCCN1C1CCN(C(=O)c2c(C)nn(-c3cccc(OC(F)(F)F)c3)c2C)C1. The first kappa shape index (κ1) is 22.6. The first-order chi connectivity index (χ1) is 15.2. The van der Waals surface area contributed by atoms with Crippen LogP contribution in [0.2, 0.25) is 0 Å². The van der Waals surface area contributed by atoms with Gasteiger partial charge in [-0.2, -0.15) is 5.10 Å². The van der Waals surface area contributed by atoms with Crippen molar-refractivity contribution in [1.82, 2.24) is 19.6 Å². The van der Waals surface area contributed by atoms with Crippen LogP contribution in [-0.4, -0.2) is 70.9 Å². The Balaban J connectivity index is 1.54. The molecule has 1 aromatic heterocycles. The zero-order valence-corrected chi connectivity index (χ0v) is 18.4. The van der Waals surface area contributed by atoms with Crippen LogP contribution in [0, 0.1) is 13.8 Å². The van der Waals surface area contributed by atoms with E-state index in [4.69, 9.17) is 4.74 Å². The fourth-order valence-corrected chi connectivity index (χ4v) is 4.80. The summed E-state index contributed by atoms with van der Waals surface area (Å²) in [5.41, 5.74) is 1.99. The molecule has 10 heteroatoms. The maximum atomic E-state index is 13.3. The van der Waals surface area contributed by atoms with Gasteiger partial charge in [-0.1, -0.05) is 6.07 Å². The first-order valence-electron chi connectivity index (χ1n) is 10.7. The standard InChI is InChI=1S/C22H27F3N4O3/c1-14-20(21(30)27-11-9-17(13-27)28-10-5-8-19(28)31-3)15(2)29(26-14)16-6-4-7-18(12-16)32-22(23,24)25/h4,6-7,12,17,19H,5,8-11,13H2,1-3H3/t17?,19-/m1/s1. The van der Waals surface area contributed by atoms with E-state index in [9.17, 15) is 18.0 Å². The molecule has 2 aliphatic rings. The van der Waals surface area contributed by atoms with Crippen molar-refractivity contribution >= 4 is 5.91 Å². The van der Waals surface area contributed by atoms with Crippen molar-refractivity contribution in [3.8, 4) is 11.4 Å². The molecule has 2 aliphatic heterocycles. The van der Waals surface area contributed by atoms with Gasteiger partial charge >= 0.3 is 6.36 Å². The van der Waals surface area contributed by atoms with Gasteiger partial charge in [-0.15, -0.1) is 13.2 Å². The van der Waals surface area contributed by atoms with Gasteiger partial charge < -0.3 is 14.4 Å². The molecule has 2 saturated heterocycles. The Hall–Kier alpha value is -2.59. The van der Waals surface area contributed by atoms with E-state index >= 15 is 0 Å². The third-order valence-corrected chi connectivity index (χ3v) is 6.23. The highest BCUT2D eigenvalue weighted by Gasteiger charge is 2.37. The number of aryl methyl sites for hydroxylation is 1. The Labute approximate surface area is 184 Å². The zero-order valence-electron chi connectivity index (χ0n) is 18.4. The summed E-state index contributed by atoms with van der Waals surface area (Å²) in [7, 11) is 1.72. The van der Waals surface area contributed by atoms with Gasteiger partial charge in [0.15, 0.2) is 0 Å². The van der Waals surface area contributed by atoms with E-state index in [1.807, 2.05) is 4.90 Å². The monoisotopic (exact) mass is 452 g/mol. The number of likely N-dealkylation sites (tertiary alicyclic amines) is 2. The molecule has 0 bridgehead atoms. The van der Waals surface area contributed by atoms with Gasteiger partial charge in [0.25, 0.3) is 5.91 Å². The van der Waals surface area contributed by atoms with Crippen LogP contribution in [0.3, 0.4) is 0 Å². The molecule has 7 nitrogen and oxygen atoms in total. The molecular formula is C22H27F3N4O3. The predicted octanol–water partition coefficient (Wildman–Crippen LogP) is 3.67. The van der Waals surface area contributed by atoms with E-state index in [0.717, 1.165) is 25.8 Å². The lowest BCUT2D eigenvalue weighted by molar-refractivity contribution is -0.274. The van der Waals surface area contributed by atoms with Crippen LogP contribution in [-0.2, 0) is 4.74 Å². The van der Waals surface area contributed by atoms with E-state index < -0.39 is 6.36 Å². The van der Waals surface area contributed by atoms with Gasteiger partial charge in [-0.3, -0.25) is 9.69 Å². The van der Waals surface area contributed by atoms with E-state index in [-0.39, 0.29) is 23.9 Å². The van der Waals surface area contributed by atoms with Crippen molar-refractivity contribution in [3.63, 3.8) is 0 Å². The fraction of sp³-hybridized carbons (Fsp3) is 0.545. The van der Waals surface area contributed by atoms with Crippen LogP contribution in [0.15, 0.2) is 24.3 Å². The number of alkyl halides is 3. The molecule has 174 valence electrons. The number of halogens is 3. The summed E-state index contributed by atoms with van der Waals surface area (Å²) in [6, 6.07) is 5.83. The number of hydrogen-bond acceptors (Lipinski definition) is 5. The van der Waals surface area contributed by atoms with Gasteiger partial charge in [-0.25, -0.2) is 4.68 Å². The molecule has 32 heavy (non-hydrogen) atoms. The Kier molecular flexibility index (Phi) is 6.17. The van der Waals surface area contributed by atoms with Crippen LogP contribution in [0.5, 0.6) is 5.75 Å². The van der Waals surface area contributed by atoms with Crippen LogP contribution in [0.4, 0.5) is 13.2 Å². The van der Waals surface area contributed by atoms with Crippen molar-refractivity contribution in [2.24, 2.45) is 0 Å². The van der Waals surface area contributed by atoms with E-state index in [1.165, 1.54) is 22.9 Å². The van der Waals surface area contributed by atoms with Gasteiger partial charge in [0.1, 0.15) is 12.0 Å².